The second-order valence-corrected chi connectivity index (χ2v) is 4.03. The van der Waals surface area contributed by atoms with Crippen LogP contribution in [0.2, 0.25) is 0 Å². The highest BCUT2D eigenvalue weighted by molar-refractivity contribution is 9.10. The van der Waals surface area contributed by atoms with Crippen LogP contribution in [0.1, 0.15) is 5.69 Å². The van der Waals surface area contributed by atoms with Crippen molar-refractivity contribution in [2.75, 3.05) is 5.43 Å². The number of halogens is 1. The molecule has 0 amide bonds. The number of hydrazine groups is 1. The number of hydrogen-bond donors (Lipinski definition) is 2. The summed E-state index contributed by atoms with van der Waals surface area (Å²) in [6.45, 7) is 1.95. The maximum absolute atomic E-state index is 5.43. The maximum atomic E-state index is 5.43. The zero-order valence-corrected chi connectivity index (χ0v) is 9.30. The van der Waals surface area contributed by atoms with Crippen molar-refractivity contribution in [3.05, 3.63) is 34.4 Å². The van der Waals surface area contributed by atoms with E-state index in [1.807, 2.05) is 31.2 Å². The Bertz CT molecular complexity index is 477. The molecule has 0 atom stereocenters. The third-order valence-electron chi connectivity index (χ3n) is 2.06. The second kappa shape index (κ2) is 3.55. The quantitative estimate of drug-likeness (QED) is 0.605. The number of benzene rings is 1. The molecule has 3 nitrogen and oxygen atoms in total. The molecule has 14 heavy (non-hydrogen) atoms. The summed E-state index contributed by atoms with van der Waals surface area (Å²) >= 11 is 3.41. The van der Waals surface area contributed by atoms with Crippen molar-refractivity contribution in [3.8, 4) is 0 Å². The third-order valence-corrected chi connectivity index (χ3v) is 2.55. The van der Waals surface area contributed by atoms with Gasteiger partial charge in [-0.05, 0) is 31.2 Å². The molecule has 1 heterocycles. The van der Waals surface area contributed by atoms with Crippen LogP contribution in [0, 0.1) is 6.92 Å². The van der Waals surface area contributed by atoms with E-state index in [0.29, 0.717) is 0 Å². The van der Waals surface area contributed by atoms with Crippen LogP contribution in [0.3, 0.4) is 0 Å². The Labute approximate surface area is 90.4 Å². The van der Waals surface area contributed by atoms with E-state index in [1.54, 1.807) is 0 Å². The highest BCUT2D eigenvalue weighted by atomic mass is 79.9. The van der Waals surface area contributed by atoms with E-state index >= 15 is 0 Å². The third kappa shape index (κ3) is 1.58. The molecule has 1 aromatic carbocycles. The summed E-state index contributed by atoms with van der Waals surface area (Å²) in [7, 11) is 0. The van der Waals surface area contributed by atoms with Crippen LogP contribution >= 0.6 is 15.9 Å². The summed E-state index contributed by atoms with van der Waals surface area (Å²) in [5, 5.41) is 1.03. The largest absolute Gasteiger partial charge is 0.323 e. The number of hydrogen-bond acceptors (Lipinski definition) is 3. The predicted octanol–water partition coefficient (Wildman–Crippen LogP) is 2.59. The first kappa shape index (κ1) is 9.43. The summed E-state index contributed by atoms with van der Waals surface area (Å²) in [5.41, 5.74) is 5.46. The van der Waals surface area contributed by atoms with Gasteiger partial charge in [-0.25, -0.2) is 0 Å². The Hall–Kier alpha value is -1.13. The van der Waals surface area contributed by atoms with Gasteiger partial charge in [-0.3, -0.25) is 10.8 Å². The number of nitrogen functional groups attached to an aromatic ring is 1. The van der Waals surface area contributed by atoms with Crippen LogP contribution in [0.15, 0.2) is 28.7 Å². The molecule has 0 saturated heterocycles. The van der Waals surface area contributed by atoms with Crippen LogP contribution in [-0.4, -0.2) is 4.98 Å². The van der Waals surface area contributed by atoms with Crippen molar-refractivity contribution in [2.24, 2.45) is 5.84 Å². The van der Waals surface area contributed by atoms with Gasteiger partial charge in [-0.1, -0.05) is 15.9 Å². The maximum Gasteiger partial charge on any atom is 0.0737 e. The molecule has 0 aliphatic carbocycles. The molecule has 0 radical (unpaired) electrons. The number of pyridine rings is 1. The van der Waals surface area contributed by atoms with E-state index in [4.69, 9.17) is 5.84 Å². The number of nitrogens with two attached hydrogens (primary N) is 1. The number of anilines is 1. The van der Waals surface area contributed by atoms with Gasteiger partial charge in [0, 0.05) is 15.6 Å². The number of aromatic nitrogens is 1. The molecule has 0 aliphatic heterocycles. The van der Waals surface area contributed by atoms with Crippen LogP contribution < -0.4 is 11.3 Å². The molecular formula is C10H10BrN3. The Balaban J connectivity index is 2.81. The standard InChI is InChI=1S/C10H10BrN3/c1-6-4-10(14-12)8-3-2-7(11)5-9(8)13-6/h2-5H,12H2,1H3,(H,13,14). The van der Waals surface area contributed by atoms with Gasteiger partial charge in [0.1, 0.15) is 0 Å². The van der Waals surface area contributed by atoms with Gasteiger partial charge in [0.25, 0.3) is 0 Å². The van der Waals surface area contributed by atoms with E-state index in [1.165, 1.54) is 0 Å². The second-order valence-electron chi connectivity index (χ2n) is 3.12. The van der Waals surface area contributed by atoms with Crippen molar-refractivity contribution in [1.29, 1.82) is 0 Å². The predicted molar refractivity (Wildman–Crippen MR) is 62.0 cm³/mol. The van der Waals surface area contributed by atoms with Crippen molar-refractivity contribution in [2.45, 2.75) is 6.92 Å². The van der Waals surface area contributed by atoms with Gasteiger partial charge in [0.15, 0.2) is 0 Å². The Morgan fingerprint density at radius 1 is 1.36 bits per heavy atom. The number of aryl methyl sites for hydroxylation is 1. The average Bonchev–Trinajstić information content (AvgIpc) is 2.15. The molecule has 1 aromatic heterocycles. The topological polar surface area (TPSA) is 50.9 Å². The van der Waals surface area contributed by atoms with Gasteiger partial charge >= 0.3 is 0 Å². The van der Waals surface area contributed by atoms with Gasteiger partial charge in [-0.2, -0.15) is 0 Å². The molecule has 2 aromatic rings. The van der Waals surface area contributed by atoms with E-state index in [9.17, 15) is 0 Å². The highest BCUT2D eigenvalue weighted by Gasteiger charge is 2.02. The molecule has 0 saturated carbocycles. The van der Waals surface area contributed by atoms with Gasteiger partial charge in [0.2, 0.25) is 0 Å². The fourth-order valence-corrected chi connectivity index (χ4v) is 1.80. The van der Waals surface area contributed by atoms with Crippen LogP contribution in [0.4, 0.5) is 5.69 Å². The van der Waals surface area contributed by atoms with Crippen molar-refractivity contribution in [3.63, 3.8) is 0 Å². The summed E-state index contributed by atoms with van der Waals surface area (Å²) in [6, 6.07) is 7.86. The smallest absolute Gasteiger partial charge is 0.0737 e. The van der Waals surface area contributed by atoms with Crippen LogP contribution in [0.25, 0.3) is 10.9 Å². The zero-order chi connectivity index (χ0) is 10.1. The molecule has 72 valence electrons. The lowest BCUT2D eigenvalue weighted by atomic mass is 10.1. The van der Waals surface area contributed by atoms with Gasteiger partial charge < -0.3 is 5.43 Å². The van der Waals surface area contributed by atoms with Crippen LogP contribution in [0.5, 0.6) is 0 Å². The molecule has 0 bridgehead atoms. The monoisotopic (exact) mass is 251 g/mol. The minimum atomic E-state index is 0.903. The van der Waals surface area contributed by atoms with E-state index in [0.717, 1.165) is 26.8 Å². The summed E-state index contributed by atoms with van der Waals surface area (Å²) in [5.74, 6) is 5.43. The first-order chi connectivity index (χ1) is 6.70. The fourth-order valence-electron chi connectivity index (χ4n) is 1.45. The van der Waals surface area contributed by atoms with Crippen molar-refractivity contribution >= 4 is 32.5 Å². The minimum absolute atomic E-state index is 0.903. The molecule has 0 spiro atoms. The lowest BCUT2D eigenvalue weighted by Gasteiger charge is -2.06. The van der Waals surface area contributed by atoms with Crippen molar-refractivity contribution in [1.82, 2.24) is 4.98 Å². The molecule has 2 rings (SSSR count). The summed E-state index contributed by atoms with van der Waals surface area (Å²) < 4.78 is 1.02. The Morgan fingerprint density at radius 3 is 2.86 bits per heavy atom. The summed E-state index contributed by atoms with van der Waals surface area (Å²) in [4.78, 5) is 4.42. The fraction of sp³-hybridized carbons (Fsp3) is 0.100. The van der Waals surface area contributed by atoms with Gasteiger partial charge in [0.05, 0.1) is 11.2 Å². The Morgan fingerprint density at radius 2 is 2.14 bits per heavy atom. The molecule has 4 heteroatoms. The minimum Gasteiger partial charge on any atom is -0.323 e. The normalized spacial score (nSPS) is 10.5. The zero-order valence-electron chi connectivity index (χ0n) is 7.71. The molecule has 0 fully saturated rings. The molecular weight excluding hydrogens is 242 g/mol. The average molecular weight is 252 g/mol. The van der Waals surface area contributed by atoms with Gasteiger partial charge in [-0.15, -0.1) is 0 Å². The first-order valence-electron chi connectivity index (χ1n) is 4.24. The lowest BCUT2D eigenvalue weighted by molar-refractivity contribution is 1.24. The highest BCUT2D eigenvalue weighted by Crippen LogP contribution is 2.25. The van der Waals surface area contributed by atoms with E-state index in [-0.39, 0.29) is 0 Å². The number of nitrogens with one attached hydrogen (secondary N) is 1. The SMILES string of the molecule is Cc1cc(NN)c2ccc(Br)cc2n1. The number of fused-ring (bicyclic) bond motifs is 1. The molecule has 0 unspecified atom stereocenters. The Kier molecular flexibility index (Phi) is 2.39. The molecule has 3 N–H and O–H groups in total. The summed E-state index contributed by atoms with van der Waals surface area (Å²) in [6.07, 6.45) is 0. The number of rotatable bonds is 1. The van der Waals surface area contributed by atoms with E-state index in [2.05, 4.69) is 26.3 Å². The lowest BCUT2D eigenvalue weighted by Crippen LogP contribution is -2.07. The van der Waals surface area contributed by atoms with Crippen LogP contribution in [-0.2, 0) is 0 Å². The number of nitrogens with zero attached hydrogens (tertiary/aromatic N) is 1. The first-order valence-corrected chi connectivity index (χ1v) is 5.03. The molecule has 0 aliphatic rings. The van der Waals surface area contributed by atoms with E-state index < -0.39 is 0 Å². The van der Waals surface area contributed by atoms with Crippen molar-refractivity contribution < 1.29 is 0 Å².